The number of thioether (sulfide) groups is 1. The van der Waals surface area contributed by atoms with Gasteiger partial charge in [0.05, 0.1) is 5.75 Å². The van der Waals surface area contributed by atoms with Crippen molar-refractivity contribution < 1.29 is 9.18 Å². The normalized spacial score (nSPS) is 10.7. The van der Waals surface area contributed by atoms with Crippen molar-refractivity contribution in [2.24, 2.45) is 0 Å². The number of benzene rings is 3. The first-order valence-corrected chi connectivity index (χ1v) is 8.94. The number of carbonyl (C=O) groups excluding carboxylic acids is 1. The van der Waals surface area contributed by atoms with Crippen LogP contribution in [0.2, 0.25) is 0 Å². The van der Waals surface area contributed by atoms with Crippen LogP contribution in [0.15, 0.2) is 66.7 Å². The van der Waals surface area contributed by atoms with Crippen LogP contribution >= 0.6 is 11.8 Å². The van der Waals surface area contributed by atoms with E-state index in [0.717, 1.165) is 16.3 Å². The van der Waals surface area contributed by atoms with Crippen LogP contribution in [-0.4, -0.2) is 11.7 Å². The summed E-state index contributed by atoms with van der Waals surface area (Å²) in [4.78, 5) is 12.0. The average molecular weight is 339 g/mol. The van der Waals surface area contributed by atoms with Gasteiger partial charge in [-0.25, -0.2) is 4.39 Å². The number of carbonyl (C=O) groups is 1. The molecule has 24 heavy (non-hydrogen) atoms. The second-order valence-electron chi connectivity index (χ2n) is 5.50. The quantitative estimate of drug-likeness (QED) is 0.715. The number of nitrogens with one attached hydrogen (secondary N) is 1. The van der Waals surface area contributed by atoms with E-state index in [1.54, 1.807) is 18.2 Å². The second-order valence-corrected chi connectivity index (χ2v) is 6.48. The largest absolute Gasteiger partial charge is 0.351 e. The number of hydrogen-bond acceptors (Lipinski definition) is 2. The van der Waals surface area contributed by atoms with Gasteiger partial charge in [-0.1, -0.05) is 60.7 Å². The molecule has 0 saturated carbocycles. The molecule has 0 spiro atoms. The molecule has 0 fully saturated rings. The minimum Gasteiger partial charge on any atom is -0.351 e. The predicted octanol–water partition coefficient (Wildman–Crippen LogP) is 4.53. The molecule has 0 aliphatic rings. The Kier molecular flexibility index (Phi) is 5.49. The van der Waals surface area contributed by atoms with Crippen molar-refractivity contribution in [3.63, 3.8) is 0 Å². The third-order valence-electron chi connectivity index (χ3n) is 3.80. The van der Waals surface area contributed by atoms with Crippen LogP contribution in [0.4, 0.5) is 4.39 Å². The fraction of sp³-hybridized carbons (Fsp3) is 0.150. The third kappa shape index (κ3) is 4.15. The molecule has 0 atom stereocenters. The Balaban J connectivity index is 1.51. The van der Waals surface area contributed by atoms with E-state index in [1.807, 2.05) is 24.3 Å². The number of hydrogen-bond donors (Lipinski definition) is 1. The van der Waals surface area contributed by atoms with Gasteiger partial charge in [0, 0.05) is 12.3 Å². The minimum absolute atomic E-state index is 0.0377. The van der Waals surface area contributed by atoms with Crippen LogP contribution in [0.1, 0.15) is 11.1 Å². The number of fused-ring (bicyclic) bond motifs is 1. The number of amides is 1. The van der Waals surface area contributed by atoms with Gasteiger partial charge in [0.25, 0.3) is 0 Å². The van der Waals surface area contributed by atoms with Crippen molar-refractivity contribution in [3.05, 3.63) is 83.7 Å². The lowest BCUT2D eigenvalue weighted by Crippen LogP contribution is -2.24. The van der Waals surface area contributed by atoms with E-state index >= 15 is 0 Å². The molecule has 4 heteroatoms. The highest BCUT2D eigenvalue weighted by atomic mass is 32.2. The zero-order valence-electron chi connectivity index (χ0n) is 13.2. The Labute approximate surface area is 145 Å². The van der Waals surface area contributed by atoms with Gasteiger partial charge in [-0.15, -0.1) is 11.8 Å². The number of halogens is 1. The average Bonchev–Trinajstić information content (AvgIpc) is 2.61. The van der Waals surface area contributed by atoms with Gasteiger partial charge in [0.1, 0.15) is 5.82 Å². The van der Waals surface area contributed by atoms with Crippen molar-refractivity contribution in [2.45, 2.75) is 12.3 Å². The Hall–Kier alpha value is -2.33. The van der Waals surface area contributed by atoms with Crippen LogP contribution in [0.25, 0.3) is 10.8 Å². The molecule has 3 aromatic carbocycles. The van der Waals surface area contributed by atoms with Gasteiger partial charge >= 0.3 is 0 Å². The van der Waals surface area contributed by atoms with Gasteiger partial charge in [-0.2, -0.15) is 0 Å². The first-order valence-electron chi connectivity index (χ1n) is 7.78. The highest BCUT2D eigenvalue weighted by Gasteiger charge is 2.06. The Morgan fingerprint density at radius 2 is 1.62 bits per heavy atom. The van der Waals surface area contributed by atoms with Crippen LogP contribution in [0, 0.1) is 5.82 Å². The monoisotopic (exact) mass is 339 g/mol. The van der Waals surface area contributed by atoms with Crippen molar-refractivity contribution in [1.82, 2.24) is 5.32 Å². The van der Waals surface area contributed by atoms with Gasteiger partial charge in [-0.05, 0) is 28.0 Å². The van der Waals surface area contributed by atoms with Gasteiger partial charge < -0.3 is 5.32 Å². The smallest absolute Gasteiger partial charge is 0.230 e. The van der Waals surface area contributed by atoms with Gasteiger partial charge in [0.2, 0.25) is 5.91 Å². The van der Waals surface area contributed by atoms with E-state index in [-0.39, 0.29) is 11.7 Å². The summed E-state index contributed by atoms with van der Waals surface area (Å²) in [7, 11) is 0. The minimum atomic E-state index is -0.221. The summed E-state index contributed by atoms with van der Waals surface area (Å²) in [5.41, 5.74) is 1.73. The summed E-state index contributed by atoms with van der Waals surface area (Å²) in [6.07, 6.45) is 0. The van der Waals surface area contributed by atoms with Crippen molar-refractivity contribution in [2.75, 3.05) is 5.75 Å². The highest BCUT2D eigenvalue weighted by molar-refractivity contribution is 7.99. The van der Waals surface area contributed by atoms with Gasteiger partial charge in [0.15, 0.2) is 0 Å². The molecular formula is C20H18FNOS. The first kappa shape index (κ1) is 16.5. The lowest BCUT2D eigenvalue weighted by Gasteiger charge is -2.08. The van der Waals surface area contributed by atoms with E-state index in [2.05, 4.69) is 23.5 Å². The maximum absolute atomic E-state index is 13.5. The molecule has 0 aliphatic carbocycles. The molecule has 2 nitrogen and oxygen atoms in total. The summed E-state index contributed by atoms with van der Waals surface area (Å²) >= 11 is 1.42. The predicted molar refractivity (Wildman–Crippen MR) is 98.4 cm³/mol. The van der Waals surface area contributed by atoms with E-state index in [0.29, 0.717) is 23.6 Å². The molecule has 0 bridgehead atoms. The lowest BCUT2D eigenvalue weighted by atomic mass is 10.0. The molecule has 0 radical (unpaired) electrons. The lowest BCUT2D eigenvalue weighted by molar-refractivity contribution is -0.118. The van der Waals surface area contributed by atoms with E-state index in [9.17, 15) is 9.18 Å². The highest BCUT2D eigenvalue weighted by Crippen LogP contribution is 2.18. The Morgan fingerprint density at radius 1 is 0.917 bits per heavy atom. The fourth-order valence-corrected chi connectivity index (χ4v) is 3.40. The molecular weight excluding hydrogens is 321 g/mol. The molecule has 0 aliphatic heterocycles. The molecule has 122 valence electrons. The number of rotatable bonds is 6. The summed E-state index contributed by atoms with van der Waals surface area (Å²) in [5, 5.41) is 5.26. The first-order chi connectivity index (χ1) is 11.7. The third-order valence-corrected chi connectivity index (χ3v) is 4.79. The standard InChI is InChI=1S/C20H18FNOS/c21-19-11-4-2-7-17(19)13-24-14-20(23)22-12-16-9-5-8-15-6-1-3-10-18(15)16/h1-11H,12-14H2,(H,22,23). The topological polar surface area (TPSA) is 29.1 Å². The summed E-state index contributed by atoms with van der Waals surface area (Å²) in [6.45, 7) is 0.500. The molecule has 3 rings (SSSR count). The van der Waals surface area contributed by atoms with Gasteiger partial charge in [-0.3, -0.25) is 4.79 Å². The zero-order valence-corrected chi connectivity index (χ0v) is 14.0. The molecule has 0 aromatic heterocycles. The molecule has 0 unspecified atom stereocenters. The zero-order chi connectivity index (χ0) is 16.8. The Morgan fingerprint density at radius 3 is 2.50 bits per heavy atom. The van der Waals surface area contributed by atoms with Crippen LogP contribution in [0.3, 0.4) is 0 Å². The maximum atomic E-state index is 13.5. The van der Waals surface area contributed by atoms with Crippen LogP contribution in [0.5, 0.6) is 0 Å². The summed E-state index contributed by atoms with van der Waals surface area (Å²) in [6, 6.07) is 20.9. The van der Waals surface area contributed by atoms with E-state index < -0.39 is 0 Å². The van der Waals surface area contributed by atoms with Crippen LogP contribution in [-0.2, 0) is 17.1 Å². The van der Waals surface area contributed by atoms with E-state index in [1.165, 1.54) is 17.8 Å². The SMILES string of the molecule is O=C(CSCc1ccccc1F)NCc1cccc2ccccc12. The molecule has 1 amide bonds. The Bertz CT molecular complexity index is 844. The summed E-state index contributed by atoms with van der Waals surface area (Å²) < 4.78 is 13.5. The van der Waals surface area contributed by atoms with Crippen molar-refractivity contribution in [1.29, 1.82) is 0 Å². The maximum Gasteiger partial charge on any atom is 0.230 e. The molecule has 1 N–H and O–H groups in total. The van der Waals surface area contributed by atoms with Crippen LogP contribution < -0.4 is 5.32 Å². The molecule has 0 saturated heterocycles. The molecule has 3 aromatic rings. The molecule has 0 heterocycles. The summed E-state index contributed by atoms with van der Waals surface area (Å²) in [5.74, 6) is 0.554. The van der Waals surface area contributed by atoms with Crippen molar-refractivity contribution >= 4 is 28.4 Å². The second kappa shape index (κ2) is 7.97. The van der Waals surface area contributed by atoms with Crippen molar-refractivity contribution in [3.8, 4) is 0 Å². The fourth-order valence-electron chi connectivity index (χ4n) is 2.56. The van der Waals surface area contributed by atoms with E-state index in [4.69, 9.17) is 0 Å².